The lowest BCUT2D eigenvalue weighted by Gasteiger charge is -2.11. The number of aryl methyl sites for hydroxylation is 1. The van der Waals surface area contributed by atoms with Crippen LogP contribution in [0.3, 0.4) is 0 Å². The Balaban J connectivity index is 1.54. The molecule has 8 heteroatoms. The van der Waals surface area contributed by atoms with Gasteiger partial charge in [-0.05, 0) is 19.4 Å². The molecule has 0 aliphatic carbocycles. The summed E-state index contributed by atoms with van der Waals surface area (Å²) in [5.41, 5.74) is 2.17. The number of amides is 1. The Morgan fingerprint density at radius 2 is 1.81 bits per heavy atom. The lowest BCUT2D eigenvalue weighted by Crippen LogP contribution is -2.28. The van der Waals surface area contributed by atoms with Gasteiger partial charge in [0.05, 0.1) is 0 Å². The molecule has 31 heavy (non-hydrogen) atoms. The molecule has 0 aliphatic heterocycles. The van der Waals surface area contributed by atoms with E-state index in [0.29, 0.717) is 22.7 Å². The molecule has 4 rings (SSSR count). The van der Waals surface area contributed by atoms with Crippen molar-refractivity contribution in [3.63, 3.8) is 0 Å². The van der Waals surface area contributed by atoms with Gasteiger partial charge in [-0.3, -0.25) is 9.59 Å². The van der Waals surface area contributed by atoms with Gasteiger partial charge in [-0.2, -0.15) is 9.50 Å². The fourth-order valence-corrected chi connectivity index (χ4v) is 3.45. The molecule has 4 aromatic rings. The van der Waals surface area contributed by atoms with Gasteiger partial charge in [-0.1, -0.05) is 48.5 Å². The van der Waals surface area contributed by atoms with Crippen LogP contribution in [0.4, 0.5) is 4.39 Å². The van der Waals surface area contributed by atoms with Crippen LogP contribution in [0.15, 0.2) is 59.4 Å². The summed E-state index contributed by atoms with van der Waals surface area (Å²) in [6, 6.07) is 15.7. The number of aromatic nitrogens is 4. The summed E-state index contributed by atoms with van der Waals surface area (Å²) >= 11 is 0. The minimum atomic E-state index is -0.363. The third-order valence-corrected chi connectivity index (χ3v) is 5.35. The zero-order valence-electron chi connectivity index (χ0n) is 17.3. The van der Waals surface area contributed by atoms with Crippen molar-refractivity contribution in [1.82, 2.24) is 24.5 Å². The Hall–Kier alpha value is -3.81. The van der Waals surface area contributed by atoms with Crippen molar-refractivity contribution in [3.05, 3.63) is 87.6 Å². The first-order valence-electron chi connectivity index (χ1n) is 9.96. The van der Waals surface area contributed by atoms with Gasteiger partial charge in [0.2, 0.25) is 11.7 Å². The third-order valence-electron chi connectivity index (χ3n) is 5.35. The highest BCUT2D eigenvalue weighted by Gasteiger charge is 2.17. The molecule has 158 valence electrons. The molecule has 2 aromatic heterocycles. The van der Waals surface area contributed by atoms with E-state index in [1.165, 1.54) is 10.6 Å². The summed E-state index contributed by atoms with van der Waals surface area (Å²) in [5.74, 6) is 0.285. The van der Waals surface area contributed by atoms with Crippen LogP contribution in [-0.4, -0.2) is 25.1 Å². The normalized spacial score (nSPS) is 11.1. The first-order chi connectivity index (χ1) is 15.0. The van der Waals surface area contributed by atoms with Gasteiger partial charge >= 0.3 is 0 Å². The first-order valence-corrected chi connectivity index (χ1v) is 9.96. The second-order valence-electron chi connectivity index (χ2n) is 7.31. The summed E-state index contributed by atoms with van der Waals surface area (Å²) in [7, 11) is 1.81. The number of carbonyl (C=O) groups is 1. The standard InChI is InChI=1S/C23H22FN5O2/c1-15-18(12-13-20(30)25-14-17-10-6-7-11-19(17)24)22(31)29-23(28(15)2)26-21(27-29)16-8-4-3-5-9-16/h3-11H,12-14H2,1-2H3,(H,25,30). The Morgan fingerprint density at radius 3 is 2.55 bits per heavy atom. The van der Waals surface area contributed by atoms with E-state index in [1.807, 2.05) is 44.3 Å². The van der Waals surface area contributed by atoms with Gasteiger partial charge in [0.15, 0.2) is 5.82 Å². The summed E-state index contributed by atoms with van der Waals surface area (Å²) in [6.45, 7) is 1.93. The van der Waals surface area contributed by atoms with Crippen molar-refractivity contribution >= 4 is 11.7 Å². The van der Waals surface area contributed by atoms with E-state index in [0.717, 1.165) is 11.3 Å². The molecule has 1 amide bonds. The summed E-state index contributed by atoms with van der Waals surface area (Å²) in [6.07, 6.45) is 0.356. The number of rotatable bonds is 6. The van der Waals surface area contributed by atoms with E-state index >= 15 is 0 Å². The first kappa shape index (κ1) is 20.5. The van der Waals surface area contributed by atoms with E-state index in [2.05, 4.69) is 15.4 Å². The van der Waals surface area contributed by atoms with Gasteiger partial charge in [-0.25, -0.2) is 4.39 Å². The van der Waals surface area contributed by atoms with Crippen LogP contribution in [-0.2, 0) is 24.8 Å². The fraction of sp³-hybridized carbons (Fsp3) is 0.217. The molecule has 0 saturated heterocycles. The van der Waals surface area contributed by atoms with Crippen molar-refractivity contribution in [2.45, 2.75) is 26.3 Å². The van der Waals surface area contributed by atoms with Crippen molar-refractivity contribution in [2.24, 2.45) is 7.05 Å². The average molecular weight is 419 g/mol. The van der Waals surface area contributed by atoms with Crippen LogP contribution in [0.2, 0.25) is 0 Å². The Morgan fingerprint density at radius 1 is 1.10 bits per heavy atom. The Kier molecular flexibility index (Phi) is 5.62. The number of hydrogen-bond donors (Lipinski definition) is 1. The van der Waals surface area contributed by atoms with Crippen molar-refractivity contribution in [1.29, 1.82) is 0 Å². The maximum atomic E-state index is 13.7. The van der Waals surface area contributed by atoms with Gasteiger partial charge in [0, 0.05) is 42.4 Å². The molecule has 7 nitrogen and oxygen atoms in total. The summed E-state index contributed by atoms with van der Waals surface area (Å²) in [4.78, 5) is 29.8. The molecule has 0 aliphatic rings. The van der Waals surface area contributed by atoms with E-state index in [9.17, 15) is 14.0 Å². The number of benzene rings is 2. The molecule has 0 radical (unpaired) electrons. The van der Waals surface area contributed by atoms with Crippen LogP contribution in [0.25, 0.3) is 17.2 Å². The Bertz CT molecular complexity index is 1310. The van der Waals surface area contributed by atoms with Gasteiger partial charge in [0.25, 0.3) is 5.56 Å². The van der Waals surface area contributed by atoms with E-state index < -0.39 is 0 Å². The number of halogens is 1. The molecule has 0 unspecified atom stereocenters. The molecule has 0 bridgehead atoms. The highest BCUT2D eigenvalue weighted by atomic mass is 19.1. The number of carbonyl (C=O) groups excluding carboxylic acids is 1. The maximum absolute atomic E-state index is 13.7. The highest BCUT2D eigenvalue weighted by molar-refractivity contribution is 5.76. The van der Waals surface area contributed by atoms with Crippen molar-refractivity contribution in [2.75, 3.05) is 0 Å². The number of hydrogen-bond acceptors (Lipinski definition) is 4. The number of fused-ring (bicyclic) bond motifs is 1. The second kappa shape index (κ2) is 8.51. The molecule has 0 saturated carbocycles. The predicted molar refractivity (Wildman–Crippen MR) is 115 cm³/mol. The molecular formula is C23H22FN5O2. The monoisotopic (exact) mass is 419 g/mol. The Labute approximate surface area is 178 Å². The van der Waals surface area contributed by atoms with Crippen LogP contribution in [0.5, 0.6) is 0 Å². The van der Waals surface area contributed by atoms with Crippen LogP contribution < -0.4 is 10.9 Å². The predicted octanol–water partition coefficient (Wildman–Crippen LogP) is 2.79. The lowest BCUT2D eigenvalue weighted by atomic mass is 10.1. The van der Waals surface area contributed by atoms with E-state index in [-0.39, 0.29) is 36.7 Å². The topological polar surface area (TPSA) is 81.3 Å². The second-order valence-corrected chi connectivity index (χ2v) is 7.31. The van der Waals surface area contributed by atoms with Crippen molar-refractivity contribution in [3.8, 4) is 11.4 Å². The van der Waals surface area contributed by atoms with Gasteiger partial charge < -0.3 is 9.88 Å². The lowest BCUT2D eigenvalue weighted by molar-refractivity contribution is -0.121. The quantitative estimate of drug-likeness (QED) is 0.521. The number of nitrogens with zero attached hydrogens (tertiary/aromatic N) is 4. The summed E-state index contributed by atoms with van der Waals surface area (Å²) in [5, 5.41) is 7.09. The van der Waals surface area contributed by atoms with Crippen LogP contribution in [0, 0.1) is 12.7 Å². The molecule has 2 aromatic carbocycles. The molecule has 2 heterocycles. The van der Waals surface area contributed by atoms with E-state index in [4.69, 9.17) is 0 Å². The maximum Gasteiger partial charge on any atom is 0.279 e. The fourth-order valence-electron chi connectivity index (χ4n) is 3.45. The van der Waals surface area contributed by atoms with E-state index in [1.54, 1.807) is 22.8 Å². The molecule has 0 atom stereocenters. The minimum absolute atomic E-state index is 0.102. The smallest absolute Gasteiger partial charge is 0.279 e. The average Bonchev–Trinajstić information content (AvgIpc) is 3.24. The number of nitrogens with one attached hydrogen (secondary N) is 1. The largest absolute Gasteiger partial charge is 0.352 e. The zero-order chi connectivity index (χ0) is 22.0. The van der Waals surface area contributed by atoms with Gasteiger partial charge in [0.1, 0.15) is 5.82 Å². The SMILES string of the molecule is Cc1c(CCC(=O)NCc2ccccc2F)c(=O)n2nc(-c3ccccc3)nc2n1C. The van der Waals surface area contributed by atoms with Crippen LogP contribution in [0.1, 0.15) is 23.2 Å². The highest BCUT2D eigenvalue weighted by Crippen LogP contribution is 2.16. The van der Waals surface area contributed by atoms with Gasteiger partial charge in [-0.15, -0.1) is 5.10 Å². The van der Waals surface area contributed by atoms with Crippen molar-refractivity contribution < 1.29 is 9.18 Å². The molecule has 0 fully saturated rings. The molecule has 1 N–H and O–H groups in total. The molecular weight excluding hydrogens is 397 g/mol. The van der Waals surface area contributed by atoms with Crippen LogP contribution >= 0.6 is 0 Å². The summed E-state index contributed by atoms with van der Waals surface area (Å²) < 4.78 is 16.8. The minimum Gasteiger partial charge on any atom is -0.352 e. The third kappa shape index (κ3) is 4.09. The molecule has 0 spiro atoms. The zero-order valence-corrected chi connectivity index (χ0v) is 17.3.